The highest BCUT2D eigenvalue weighted by molar-refractivity contribution is 6.30. The number of amides is 1. The normalized spacial score (nSPS) is 10.6. The number of hydrogen-bond donors (Lipinski definition) is 1. The average molecular weight is 513 g/mol. The van der Waals surface area contributed by atoms with Crippen molar-refractivity contribution in [3.8, 4) is 40.1 Å². The van der Waals surface area contributed by atoms with Gasteiger partial charge in [-0.2, -0.15) is 0 Å². The van der Waals surface area contributed by atoms with Crippen LogP contribution in [0.5, 0.6) is 23.0 Å². The zero-order valence-electron chi connectivity index (χ0n) is 19.8. The Morgan fingerprint density at radius 1 is 0.917 bits per heavy atom. The summed E-state index contributed by atoms with van der Waals surface area (Å²) < 4.78 is 36.8. The number of aromatic nitrogens is 3. The van der Waals surface area contributed by atoms with Crippen LogP contribution in [0, 0.1) is 5.82 Å². The maximum Gasteiger partial charge on any atom is 0.295 e. The number of rotatable bonds is 8. The first-order chi connectivity index (χ1) is 17.4. The molecule has 36 heavy (non-hydrogen) atoms. The van der Waals surface area contributed by atoms with Crippen LogP contribution >= 0.6 is 11.6 Å². The molecule has 0 unspecified atom stereocenters. The van der Waals surface area contributed by atoms with E-state index in [4.69, 9.17) is 30.5 Å². The van der Waals surface area contributed by atoms with Gasteiger partial charge >= 0.3 is 0 Å². The molecule has 1 amide bonds. The number of halogens is 2. The largest absolute Gasteiger partial charge is 0.495 e. The van der Waals surface area contributed by atoms with E-state index < -0.39 is 11.7 Å². The molecule has 1 aromatic heterocycles. The molecule has 4 aromatic rings. The second-order valence-electron chi connectivity index (χ2n) is 7.34. The first kappa shape index (κ1) is 24.8. The predicted octanol–water partition coefficient (Wildman–Crippen LogP) is 5.01. The number of benzene rings is 3. The Hall–Kier alpha value is -4.31. The summed E-state index contributed by atoms with van der Waals surface area (Å²) in [5.41, 5.74) is 1.32. The van der Waals surface area contributed by atoms with E-state index in [9.17, 15) is 9.18 Å². The van der Waals surface area contributed by atoms with Crippen LogP contribution < -0.4 is 24.3 Å². The Labute approximate surface area is 211 Å². The summed E-state index contributed by atoms with van der Waals surface area (Å²) in [5.74, 6) is 0.530. The first-order valence-electron chi connectivity index (χ1n) is 10.6. The van der Waals surface area contributed by atoms with E-state index >= 15 is 0 Å². The van der Waals surface area contributed by atoms with Crippen molar-refractivity contribution in [1.29, 1.82) is 0 Å². The molecular formula is C25H22ClFN4O5. The summed E-state index contributed by atoms with van der Waals surface area (Å²) in [6.07, 6.45) is 0. The minimum absolute atomic E-state index is 0.112. The Bertz CT molecular complexity index is 1400. The molecule has 1 heterocycles. The minimum atomic E-state index is -0.594. The fourth-order valence-electron chi connectivity index (χ4n) is 3.53. The molecule has 0 atom stereocenters. The van der Waals surface area contributed by atoms with E-state index in [0.29, 0.717) is 39.9 Å². The minimum Gasteiger partial charge on any atom is -0.495 e. The number of para-hydroxylation sites is 2. The Balaban J connectivity index is 1.86. The van der Waals surface area contributed by atoms with Crippen LogP contribution in [0.4, 0.5) is 10.1 Å². The van der Waals surface area contributed by atoms with Gasteiger partial charge in [0.05, 0.1) is 44.8 Å². The second kappa shape index (κ2) is 10.5. The van der Waals surface area contributed by atoms with E-state index in [2.05, 4.69) is 15.4 Å². The fraction of sp³-hybridized carbons (Fsp3) is 0.160. The van der Waals surface area contributed by atoms with Crippen molar-refractivity contribution in [3.63, 3.8) is 0 Å². The number of hydrogen-bond acceptors (Lipinski definition) is 7. The third-order valence-electron chi connectivity index (χ3n) is 5.24. The van der Waals surface area contributed by atoms with E-state index in [1.807, 2.05) is 0 Å². The molecule has 0 bridgehead atoms. The third kappa shape index (κ3) is 4.76. The van der Waals surface area contributed by atoms with Gasteiger partial charge in [-0.15, -0.1) is 5.10 Å². The number of nitrogens with zero attached hydrogens (tertiary/aromatic N) is 3. The molecule has 0 spiro atoms. The molecule has 0 aliphatic rings. The summed E-state index contributed by atoms with van der Waals surface area (Å²) in [6, 6.07) is 14.3. The van der Waals surface area contributed by atoms with Crippen LogP contribution in [0.25, 0.3) is 17.1 Å². The van der Waals surface area contributed by atoms with Crippen molar-refractivity contribution in [2.75, 3.05) is 33.8 Å². The lowest BCUT2D eigenvalue weighted by molar-refractivity contribution is 0.101. The van der Waals surface area contributed by atoms with E-state index in [0.717, 1.165) is 0 Å². The molecule has 0 fully saturated rings. The lowest BCUT2D eigenvalue weighted by atomic mass is 10.1. The standard InChI is InChI=1S/C25H22ClFN4O5/c1-33-19-8-6-5-7-18(19)28-25(32)23-29-24(31(30-23)15-9-10-17(27)16(26)13-15)14-11-20(34-2)22(36-4)21(12-14)35-3/h5-13H,1-4H3,(H,28,32). The number of methoxy groups -OCH3 is 4. The molecule has 1 N–H and O–H groups in total. The SMILES string of the molecule is COc1ccccc1NC(=O)c1nc(-c2cc(OC)c(OC)c(OC)c2)n(-c2ccc(F)c(Cl)c2)n1. The number of carbonyl (C=O) groups is 1. The lowest BCUT2D eigenvalue weighted by Crippen LogP contribution is -2.15. The summed E-state index contributed by atoms with van der Waals surface area (Å²) in [4.78, 5) is 17.6. The highest BCUT2D eigenvalue weighted by Gasteiger charge is 2.23. The maximum absolute atomic E-state index is 13.9. The Morgan fingerprint density at radius 3 is 2.19 bits per heavy atom. The molecule has 0 aliphatic carbocycles. The van der Waals surface area contributed by atoms with E-state index in [-0.39, 0.29) is 16.7 Å². The number of nitrogens with one attached hydrogen (secondary N) is 1. The molecule has 0 saturated carbocycles. The molecule has 0 aliphatic heterocycles. The van der Waals surface area contributed by atoms with E-state index in [1.54, 1.807) is 36.4 Å². The topological polar surface area (TPSA) is 96.7 Å². The second-order valence-corrected chi connectivity index (χ2v) is 7.74. The van der Waals surface area contributed by atoms with Gasteiger partial charge in [-0.25, -0.2) is 14.1 Å². The zero-order valence-corrected chi connectivity index (χ0v) is 20.6. The molecular weight excluding hydrogens is 491 g/mol. The third-order valence-corrected chi connectivity index (χ3v) is 5.53. The first-order valence-corrected chi connectivity index (χ1v) is 10.9. The van der Waals surface area contributed by atoms with Gasteiger partial charge < -0.3 is 24.3 Å². The van der Waals surface area contributed by atoms with Crippen LogP contribution in [0.1, 0.15) is 10.6 Å². The summed E-state index contributed by atoms with van der Waals surface area (Å²) in [7, 11) is 5.96. The van der Waals surface area contributed by atoms with Crippen molar-refractivity contribution in [3.05, 3.63) is 71.3 Å². The number of carbonyl (C=O) groups excluding carboxylic acids is 1. The van der Waals surface area contributed by atoms with Crippen LogP contribution in [0.3, 0.4) is 0 Å². The number of anilines is 1. The summed E-state index contributed by atoms with van der Waals surface area (Å²) >= 11 is 6.02. The van der Waals surface area contributed by atoms with Gasteiger partial charge in [-0.3, -0.25) is 4.79 Å². The van der Waals surface area contributed by atoms with Crippen LogP contribution in [-0.4, -0.2) is 49.1 Å². The monoisotopic (exact) mass is 512 g/mol. The van der Waals surface area contributed by atoms with Crippen molar-refractivity contribution < 1.29 is 28.1 Å². The molecule has 4 rings (SSSR count). The van der Waals surface area contributed by atoms with Gasteiger partial charge in [-0.1, -0.05) is 23.7 Å². The van der Waals surface area contributed by atoms with Gasteiger partial charge in [0.2, 0.25) is 11.6 Å². The zero-order chi connectivity index (χ0) is 25.8. The average Bonchev–Trinajstić information content (AvgIpc) is 3.35. The molecule has 0 radical (unpaired) electrons. The Morgan fingerprint density at radius 2 is 1.58 bits per heavy atom. The molecule has 11 heteroatoms. The maximum atomic E-state index is 13.9. The van der Waals surface area contributed by atoms with Gasteiger partial charge in [-0.05, 0) is 42.5 Å². The van der Waals surface area contributed by atoms with Crippen molar-refractivity contribution in [2.24, 2.45) is 0 Å². The number of ether oxygens (including phenoxy) is 4. The summed E-state index contributed by atoms with van der Waals surface area (Å²) in [5, 5.41) is 7.03. The predicted molar refractivity (Wildman–Crippen MR) is 132 cm³/mol. The van der Waals surface area contributed by atoms with Crippen LogP contribution in [0.15, 0.2) is 54.6 Å². The fourth-order valence-corrected chi connectivity index (χ4v) is 3.70. The van der Waals surface area contributed by atoms with Crippen molar-refractivity contribution in [1.82, 2.24) is 14.8 Å². The Kier molecular flexibility index (Phi) is 7.25. The molecule has 0 saturated heterocycles. The molecule has 3 aromatic carbocycles. The van der Waals surface area contributed by atoms with Crippen LogP contribution in [0.2, 0.25) is 5.02 Å². The quantitative estimate of drug-likeness (QED) is 0.354. The van der Waals surface area contributed by atoms with Crippen LogP contribution in [-0.2, 0) is 0 Å². The smallest absolute Gasteiger partial charge is 0.295 e. The lowest BCUT2D eigenvalue weighted by Gasteiger charge is -2.14. The molecule has 9 nitrogen and oxygen atoms in total. The highest BCUT2D eigenvalue weighted by atomic mass is 35.5. The summed E-state index contributed by atoms with van der Waals surface area (Å²) in [6.45, 7) is 0. The van der Waals surface area contributed by atoms with Gasteiger partial charge in [0.25, 0.3) is 5.91 Å². The van der Waals surface area contributed by atoms with Gasteiger partial charge in [0, 0.05) is 5.56 Å². The van der Waals surface area contributed by atoms with Crippen molar-refractivity contribution >= 4 is 23.2 Å². The van der Waals surface area contributed by atoms with Gasteiger partial charge in [0.15, 0.2) is 17.3 Å². The van der Waals surface area contributed by atoms with Gasteiger partial charge in [0.1, 0.15) is 11.6 Å². The highest BCUT2D eigenvalue weighted by Crippen LogP contribution is 2.41. The molecule has 186 valence electrons. The van der Waals surface area contributed by atoms with Crippen molar-refractivity contribution in [2.45, 2.75) is 0 Å². The van der Waals surface area contributed by atoms with E-state index in [1.165, 1.54) is 51.3 Å².